The molecule has 3 aromatic heterocycles. The van der Waals surface area contributed by atoms with E-state index in [9.17, 15) is 0 Å². The summed E-state index contributed by atoms with van der Waals surface area (Å²) in [6.45, 7) is 4.01. The van der Waals surface area contributed by atoms with Crippen LogP contribution in [0.3, 0.4) is 0 Å². The van der Waals surface area contributed by atoms with E-state index in [0.29, 0.717) is 64.4 Å². The van der Waals surface area contributed by atoms with Crippen LogP contribution in [0.4, 0.5) is 0 Å². The van der Waals surface area contributed by atoms with Gasteiger partial charge in [0.25, 0.3) is 0 Å². The summed E-state index contributed by atoms with van der Waals surface area (Å²) in [5, 5.41) is 4.21. The SMILES string of the molecule is c1csc(-c2ccc(-c3cccs3)n2-c2ccc3c(c2)OCCOCCOCCOCCO3)c1. The van der Waals surface area contributed by atoms with E-state index in [1.54, 1.807) is 22.7 Å². The van der Waals surface area contributed by atoms with Crippen molar-refractivity contribution in [3.63, 3.8) is 0 Å². The first-order valence-electron chi connectivity index (χ1n) is 11.3. The van der Waals surface area contributed by atoms with Crippen molar-refractivity contribution in [2.24, 2.45) is 0 Å². The molecule has 4 aromatic rings. The molecule has 8 heteroatoms. The average molecular weight is 498 g/mol. The van der Waals surface area contributed by atoms with Crippen molar-refractivity contribution in [2.45, 2.75) is 0 Å². The fourth-order valence-electron chi connectivity index (χ4n) is 3.78. The average Bonchev–Trinajstić information content (AvgIpc) is 3.62. The second-order valence-electron chi connectivity index (χ2n) is 7.56. The van der Waals surface area contributed by atoms with Gasteiger partial charge in [-0.1, -0.05) is 12.1 Å². The van der Waals surface area contributed by atoms with Crippen LogP contribution < -0.4 is 9.47 Å². The molecule has 34 heavy (non-hydrogen) atoms. The molecule has 1 aliphatic rings. The van der Waals surface area contributed by atoms with Gasteiger partial charge in [0.15, 0.2) is 11.5 Å². The highest BCUT2D eigenvalue weighted by Crippen LogP contribution is 2.38. The number of hydrogen-bond donors (Lipinski definition) is 0. The number of rotatable bonds is 3. The Kier molecular flexibility index (Phi) is 7.95. The number of nitrogens with zero attached hydrogens (tertiary/aromatic N) is 1. The fourth-order valence-corrected chi connectivity index (χ4v) is 5.26. The molecule has 1 aliphatic heterocycles. The number of fused-ring (bicyclic) bond motifs is 1. The summed E-state index contributed by atoms with van der Waals surface area (Å²) in [6.07, 6.45) is 0. The first-order chi connectivity index (χ1) is 16.9. The molecule has 0 bridgehead atoms. The Morgan fingerprint density at radius 2 is 1.09 bits per heavy atom. The minimum atomic E-state index is 0.428. The Hall–Kier alpha value is -2.62. The van der Waals surface area contributed by atoms with E-state index >= 15 is 0 Å². The van der Waals surface area contributed by atoms with Crippen molar-refractivity contribution in [3.8, 4) is 38.3 Å². The minimum Gasteiger partial charge on any atom is -0.487 e. The van der Waals surface area contributed by atoms with Crippen molar-refractivity contribution < 1.29 is 23.7 Å². The molecule has 0 saturated heterocycles. The molecule has 1 aromatic carbocycles. The summed E-state index contributed by atoms with van der Waals surface area (Å²) < 4.78 is 31.1. The summed E-state index contributed by atoms with van der Waals surface area (Å²) >= 11 is 3.46. The third-order valence-corrected chi connectivity index (χ3v) is 7.11. The van der Waals surface area contributed by atoms with E-state index in [0.717, 1.165) is 17.1 Å². The zero-order valence-electron chi connectivity index (χ0n) is 18.8. The van der Waals surface area contributed by atoms with Crippen molar-refractivity contribution in [2.75, 3.05) is 52.9 Å². The van der Waals surface area contributed by atoms with Crippen LogP contribution in [0.2, 0.25) is 0 Å². The second kappa shape index (κ2) is 11.7. The maximum Gasteiger partial charge on any atom is 0.163 e. The first kappa shape index (κ1) is 23.1. The van der Waals surface area contributed by atoms with Crippen LogP contribution in [-0.4, -0.2) is 57.4 Å². The van der Waals surface area contributed by atoms with Crippen molar-refractivity contribution in [1.29, 1.82) is 0 Å². The van der Waals surface area contributed by atoms with Gasteiger partial charge in [0, 0.05) is 6.07 Å². The van der Waals surface area contributed by atoms with Crippen LogP contribution in [0.15, 0.2) is 65.4 Å². The molecule has 0 unspecified atom stereocenters. The Labute approximate surface area is 207 Å². The standard InChI is InChI=1S/C26H27NO5S2/c1-3-25(33-17-1)21-6-7-22(26-4-2-18-34-26)27(21)20-5-8-23-24(19-20)32-16-14-30-12-10-28-9-11-29-13-15-31-23/h1-8,17-19H,9-16H2. The van der Waals surface area contributed by atoms with Gasteiger partial charge in [-0.3, -0.25) is 0 Å². The molecule has 4 heterocycles. The number of benzene rings is 1. The summed E-state index contributed by atoms with van der Waals surface area (Å²) in [6, 6.07) is 18.9. The number of aromatic nitrogens is 1. The van der Waals surface area contributed by atoms with E-state index in [2.05, 4.69) is 57.8 Å². The molecular formula is C26H27NO5S2. The monoisotopic (exact) mass is 497 g/mol. The Bertz CT molecular complexity index is 1100. The number of ether oxygens (including phenoxy) is 5. The van der Waals surface area contributed by atoms with Gasteiger partial charge < -0.3 is 28.3 Å². The lowest BCUT2D eigenvalue weighted by Gasteiger charge is -2.17. The Morgan fingerprint density at radius 1 is 0.559 bits per heavy atom. The second-order valence-corrected chi connectivity index (χ2v) is 9.45. The van der Waals surface area contributed by atoms with Crippen LogP contribution in [0.25, 0.3) is 26.8 Å². The normalized spacial score (nSPS) is 16.0. The molecule has 0 amide bonds. The predicted molar refractivity (Wildman–Crippen MR) is 136 cm³/mol. The van der Waals surface area contributed by atoms with Crippen LogP contribution in [0, 0.1) is 0 Å². The third-order valence-electron chi connectivity index (χ3n) is 5.33. The first-order valence-corrected chi connectivity index (χ1v) is 13.1. The Balaban J connectivity index is 1.49. The quantitative estimate of drug-likeness (QED) is 0.360. The van der Waals surface area contributed by atoms with Gasteiger partial charge in [-0.05, 0) is 47.2 Å². The summed E-state index contributed by atoms with van der Waals surface area (Å²) in [5.41, 5.74) is 3.31. The lowest BCUT2D eigenvalue weighted by atomic mass is 10.2. The molecule has 0 radical (unpaired) electrons. The number of hydrogen-bond acceptors (Lipinski definition) is 7. The topological polar surface area (TPSA) is 51.1 Å². The van der Waals surface area contributed by atoms with Crippen LogP contribution in [-0.2, 0) is 14.2 Å². The zero-order valence-corrected chi connectivity index (χ0v) is 20.4. The smallest absolute Gasteiger partial charge is 0.163 e. The van der Waals surface area contributed by atoms with E-state index in [4.69, 9.17) is 23.7 Å². The van der Waals surface area contributed by atoms with Gasteiger partial charge in [0.05, 0.1) is 66.5 Å². The number of thiophene rings is 2. The maximum absolute atomic E-state index is 6.12. The van der Waals surface area contributed by atoms with Crippen molar-refractivity contribution in [1.82, 2.24) is 4.57 Å². The Morgan fingerprint density at radius 3 is 1.62 bits per heavy atom. The largest absolute Gasteiger partial charge is 0.487 e. The highest BCUT2D eigenvalue weighted by Gasteiger charge is 2.17. The molecule has 6 nitrogen and oxygen atoms in total. The minimum absolute atomic E-state index is 0.428. The summed E-state index contributed by atoms with van der Waals surface area (Å²) in [5.74, 6) is 1.39. The van der Waals surface area contributed by atoms with Gasteiger partial charge in [0.1, 0.15) is 13.2 Å². The van der Waals surface area contributed by atoms with Gasteiger partial charge in [-0.25, -0.2) is 0 Å². The highest BCUT2D eigenvalue weighted by molar-refractivity contribution is 7.14. The molecular weight excluding hydrogens is 470 g/mol. The highest BCUT2D eigenvalue weighted by atomic mass is 32.1. The van der Waals surface area contributed by atoms with Crippen LogP contribution in [0.5, 0.6) is 11.5 Å². The van der Waals surface area contributed by atoms with E-state index < -0.39 is 0 Å². The summed E-state index contributed by atoms with van der Waals surface area (Å²) in [7, 11) is 0. The van der Waals surface area contributed by atoms with E-state index in [1.807, 2.05) is 12.1 Å². The lowest BCUT2D eigenvalue weighted by Crippen LogP contribution is -2.13. The lowest BCUT2D eigenvalue weighted by molar-refractivity contribution is 0.00708. The molecule has 0 N–H and O–H groups in total. The molecule has 178 valence electrons. The molecule has 0 atom stereocenters. The molecule has 5 rings (SSSR count). The van der Waals surface area contributed by atoms with Gasteiger partial charge in [0.2, 0.25) is 0 Å². The molecule has 0 saturated carbocycles. The summed E-state index contributed by atoms with van der Waals surface area (Å²) in [4.78, 5) is 2.42. The maximum atomic E-state index is 6.12. The van der Waals surface area contributed by atoms with E-state index in [1.165, 1.54) is 9.75 Å². The van der Waals surface area contributed by atoms with Gasteiger partial charge >= 0.3 is 0 Å². The molecule has 0 aliphatic carbocycles. The third kappa shape index (κ3) is 5.54. The van der Waals surface area contributed by atoms with Gasteiger partial charge in [-0.2, -0.15) is 0 Å². The fraction of sp³-hybridized carbons (Fsp3) is 0.308. The molecule has 0 spiro atoms. The van der Waals surface area contributed by atoms with Crippen LogP contribution in [0.1, 0.15) is 0 Å². The predicted octanol–water partition coefficient (Wildman–Crippen LogP) is 5.76. The van der Waals surface area contributed by atoms with Crippen molar-refractivity contribution >= 4 is 22.7 Å². The van der Waals surface area contributed by atoms with Crippen molar-refractivity contribution in [3.05, 3.63) is 65.4 Å². The molecule has 0 fully saturated rings. The van der Waals surface area contributed by atoms with Gasteiger partial charge in [-0.15, -0.1) is 22.7 Å². The zero-order chi connectivity index (χ0) is 23.0. The van der Waals surface area contributed by atoms with E-state index in [-0.39, 0.29) is 0 Å². The van der Waals surface area contributed by atoms with Crippen LogP contribution >= 0.6 is 22.7 Å².